The molecule has 0 spiro atoms. The molecule has 2 rings (SSSR count). The van der Waals surface area contributed by atoms with Gasteiger partial charge in [-0.2, -0.15) is 5.26 Å². The number of nitrogens with one attached hydrogen (secondary N) is 1. The van der Waals surface area contributed by atoms with Crippen molar-refractivity contribution in [2.24, 2.45) is 5.92 Å². The second kappa shape index (κ2) is 9.02. The molecule has 1 heterocycles. The summed E-state index contributed by atoms with van der Waals surface area (Å²) in [6.07, 6.45) is -1.00. The lowest BCUT2D eigenvalue weighted by Gasteiger charge is -2.14. The smallest absolute Gasteiger partial charge is 0.339 e. The van der Waals surface area contributed by atoms with E-state index in [0.29, 0.717) is 34.4 Å². The highest BCUT2D eigenvalue weighted by atomic mass is 32.1. The monoisotopic (exact) mass is 372 g/mol. The first kappa shape index (κ1) is 19.5. The first-order valence-electron chi connectivity index (χ1n) is 8.13. The quantitative estimate of drug-likeness (QED) is 0.746. The van der Waals surface area contributed by atoms with Crippen molar-refractivity contribution in [3.8, 4) is 11.8 Å². The van der Waals surface area contributed by atoms with E-state index in [-0.39, 0.29) is 0 Å². The molecule has 136 valence electrons. The number of benzene rings is 1. The molecule has 0 bridgehead atoms. The molecule has 0 aliphatic rings. The van der Waals surface area contributed by atoms with Gasteiger partial charge in [-0.1, -0.05) is 19.9 Å². The number of amides is 1. The molecule has 0 fully saturated rings. The van der Waals surface area contributed by atoms with Gasteiger partial charge in [0.1, 0.15) is 16.8 Å². The Morgan fingerprint density at radius 1 is 1.27 bits per heavy atom. The molecule has 2 aromatic rings. The number of rotatable bonds is 7. The molecule has 7 heteroatoms. The lowest BCUT2D eigenvalue weighted by atomic mass is 10.2. The van der Waals surface area contributed by atoms with E-state index < -0.39 is 18.0 Å². The van der Waals surface area contributed by atoms with Gasteiger partial charge in [-0.05, 0) is 42.5 Å². The highest BCUT2D eigenvalue weighted by Gasteiger charge is 2.20. The number of ether oxygens (including phenoxy) is 2. The van der Waals surface area contributed by atoms with Crippen molar-refractivity contribution in [3.63, 3.8) is 0 Å². The van der Waals surface area contributed by atoms with E-state index in [9.17, 15) is 9.59 Å². The van der Waals surface area contributed by atoms with Crippen LogP contribution in [0.1, 0.15) is 36.7 Å². The molecule has 0 unspecified atom stereocenters. The number of nitrogens with zero attached hydrogens (tertiary/aromatic N) is 1. The maximum atomic E-state index is 12.3. The van der Waals surface area contributed by atoms with Crippen molar-refractivity contribution in [2.45, 2.75) is 26.9 Å². The van der Waals surface area contributed by atoms with Gasteiger partial charge in [-0.3, -0.25) is 4.79 Å². The van der Waals surface area contributed by atoms with Crippen LogP contribution in [0.25, 0.3) is 0 Å². The lowest BCUT2D eigenvalue weighted by Crippen LogP contribution is -2.29. The molecular formula is C19H20N2O4S. The topological polar surface area (TPSA) is 88.4 Å². The van der Waals surface area contributed by atoms with E-state index >= 15 is 0 Å². The normalized spacial score (nSPS) is 11.5. The summed E-state index contributed by atoms with van der Waals surface area (Å²) in [6, 6.07) is 10.2. The number of hydrogen-bond acceptors (Lipinski definition) is 6. The zero-order valence-corrected chi connectivity index (χ0v) is 15.6. The summed E-state index contributed by atoms with van der Waals surface area (Å²) in [4.78, 5) is 24.4. The van der Waals surface area contributed by atoms with Crippen molar-refractivity contribution in [3.05, 3.63) is 46.8 Å². The van der Waals surface area contributed by atoms with Crippen LogP contribution in [0.15, 0.2) is 35.7 Å². The first-order valence-corrected chi connectivity index (χ1v) is 9.01. The van der Waals surface area contributed by atoms with Gasteiger partial charge < -0.3 is 14.8 Å². The van der Waals surface area contributed by atoms with Crippen LogP contribution in [0.2, 0.25) is 0 Å². The van der Waals surface area contributed by atoms with E-state index in [1.807, 2.05) is 19.9 Å². The highest BCUT2D eigenvalue weighted by molar-refractivity contribution is 7.14. The number of carbonyl (C=O) groups excluding carboxylic acids is 2. The average Bonchev–Trinajstić information content (AvgIpc) is 3.07. The molecule has 1 N–H and O–H groups in total. The Balaban J connectivity index is 1.97. The third-order valence-electron chi connectivity index (χ3n) is 3.33. The Hall–Kier alpha value is -2.85. The lowest BCUT2D eigenvalue weighted by molar-refractivity contribution is -0.123. The highest BCUT2D eigenvalue weighted by Crippen LogP contribution is 2.22. The fourth-order valence-electron chi connectivity index (χ4n) is 1.97. The number of nitriles is 1. The van der Waals surface area contributed by atoms with Crippen molar-refractivity contribution < 1.29 is 19.1 Å². The van der Waals surface area contributed by atoms with Gasteiger partial charge in [0, 0.05) is 0 Å². The predicted octanol–water partition coefficient (Wildman–Crippen LogP) is 3.84. The number of esters is 1. The molecule has 6 nitrogen and oxygen atoms in total. The minimum atomic E-state index is -1.00. The van der Waals surface area contributed by atoms with Crippen LogP contribution in [-0.2, 0) is 9.53 Å². The fourth-order valence-corrected chi connectivity index (χ4v) is 2.71. The summed E-state index contributed by atoms with van der Waals surface area (Å²) in [5, 5.41) is 13.7. The van der Waals surface area contributed by atoms with Crippen LogP contribution in [0.3, 0.4) is 0 Å². The number of anilines is 1. The maximum Gasteiger partial charge on any atom is 0.339 e. The predicted molar refractivity (Wildman–Crippen MR) is 99.3 cm³/mol. The third kappa shape index (κ3) is 5.33. The Morgan fingerprint density at radius 2 is 2.04 bits per heavy atom. The zero-order chi connectivity index (χ0) is 19.1. The molecule has 0 aliphatic carbocycles. The van der Waals surface area contributed by atoms with Crippen LogP contribution in [-0.4, -0.2) is 24.6 Å². The van der Waals surface area contributed by atoms with Gasteiger partial charge in [0.05, 0.1) is 17.7 Å². The molecule has 0 saturated heterocycles. The maximum absolute atomic E-state index is 12.3. The average molecular weight is 372 g/mol. The van der Waals surface area contributed by atoms with Gasteiger partial charge in [-0.25, -0.2) is 4.79 Å². The molecule has 0 aliphatic heterocycles. The fraction of sp³-hybridized carbons (Fsp3) is 0.316. The SMILES string of the molecule is CC(C)COc1cccc(C(=O)O[C@@H](C)C(=O)Nc2sccc2C#N)c1. The Morgan fingerprint density at radius 3 is 2.73 bits per heavy atom. The number of hydrogen-bond donors (Lipinski definition) is 1. The van der Waals surface area contributed by atoms with E-state index in [1.165, 1.54) is 18.3 Å². The number of thiophene rings is 1. The van der Waals surface area contributed by atoms with Gasteiger partial charge in [0.25, 0.3) is 5.91 Å². The molecule has 1 amide bonds. The van der Waals surface area contributed by atoms with Crippen LogP contribution in [0.5, 0.6) is 5.75 Å². The Bertz CT molecular complexity index is 823. The van der Waals surface area contributed by atoms with Gasteiger partial charge in [0.15, 0.2) is 6.10 Å². The second-order valence-corrected chi connectivity index (χ2v) is 6.96. The zero-order valence-electron chi connectivity index (χ0n) is 14.8. The summed E-state index contributed by atoms with van der Waals surface area (Å²) in [6.45, 7) is 6.08. The minimum absolute atomic E-state index is 0.305. The van der Waals surface area contributed by atoms with Crippen molar-refractivity contribution in [2.75, 3.05) is 11.9 Å². The van der Waals surface area contributed by atoms with Crippen molar-refractivity contribution in [1.29, 1.82) is 5.26 Å². The van der Waals surface area contributed by atoms with Crippen molar-refractivity contribution in [1.82, 2.24) is 0 Å². The van der Waals surface area contributed by atoms with Gasteiger partial charge in [-0.15, -0.1) is 11.3 Å². The molecular weight excluding hydrogens is 352 g/mol. The largest absolute Gasteiger partial charge is 0.493 e. The summed E-state index contributed by atoms with van der Waals surface area (Å²) in [7, 11) is 0. The van der Waals surface area contributed by atoms with Gasteiger partial charge in [0.2, 0.25) is 0 Å². The summed E-state index contributed by atoms with van der Waals surface area (Å²) in [5.41, 5.74) is 0.677. The van der Waals surface area contributed by atoms with Crippen LogP contribution < -0.4 is 10.1 Å². The van der Waals surface area contributed by atoms with Crippen LogP contribution in [0.4, 0.5) is 5.00 Å². The minimum Gasteiger partial charge on any atom is -0.493 e. The van der Waals surface area contributed by atoms with Gasteiger partial charge >= 0.3 is 5.97 Å². The third-order valence-corrected chi connectivity index (χ3v) is 4.16. The summed E-state index contributed by atoms with van der Waals surface area (Å²) < 4.78 is 10.8. The molecule has 1 aromatic carbocycles. The molecule has 26 heavy (non-hydrogen) atoms. The van der Waals surface area contributed by atoms with Crippen LogP contribution >= 0.6 is 11.3 Å². The molecule has 0 radical (unpaired) electrons. The van der Waals surface area contributed by atoms with Crippen molar-refractivity contribution >= 4 is 28.2 Å². The molecule has 1 atom stereocenters. The molecule has 1 aromatic heterocycles. The standard InChI is InChI=1S/C19H20N2O4S/c1-12(2)11-24-16-6-4-5-14(9-16)19(23)25-13(3)17(22)21-18-15(10-20)7-8-26-18/h4-9,12-13H,11H2,1-3H3,(H,21,22)/t13-/m0/s1. The van der Waals surface area contributed by atoms with E-state index in [2.05, 4.69) is 5.32 Å². The van der Waals surface area contributed by atoms with Crippen LogP contribution in [0, 0.1) is 17.2 Å². The number of carbonyl (C=O) groups is 2. The van der Waals surface area contributed by atoms with E-state index in [0.717, 1.165) is 0 Å². The molecule has 0 saturated carbocycles. The second-order valence-electron chi connectivity index (χ2n) is 6.04. The Kier molecular flexibility index (Phi) is 6.75. The Labute approximate surface area is 156 Å². The van der Waals surface area contributed by atoms with E-state index in [1.54, 1.807) is 35.7 Å². The summed E-state index contributed by atoms with van der Waals surface area (Å²) >= 11 is 1.23. The van der Waals surface area contributed by atoms with E-state index in [4.69, 9.17) is 14.7 Å². The summed E-state index contributed by atoms with van der Waals surface area (Å²) in [5.74, 6) is -0.175. The first-order chi connectivity index (χ1) is 12.4.